The monoisotopic (exact) mass is 834 g/mol. The van der Waals surface area contributed by atoms with E-state index in [-0.39, 0.29) is 35.4 Å². The van der Waals surface area contributed by atoms with Gasteiger partial charge in [0.2, 0.25) is 0 Å². The lowest BCUT2D eigenvalue weighted by atomic mass is 9.37. The molecule has 0 atom stereocenters. The van der Waals surface area contributed by atoms with E-state index in [2.05, 4.69) is 202 Å². The normalized spacial score (nSPS) is 14.8. The summed E-state index contributed by atoms with van der Waals surface area (Å²) in [5.74, 6) is 0. The molecule has 2 nitrogen and oxygen atoms in total. The summed E-state index contributed by atoms with van der Waals surface area (Å²) in [5, 5.41) is 5.60. The van der Waals surface area contributed by atoms with Crippen molar-refractivity contribution in [2.24, 2.45) is 0 Å². The molecule has 6 aromatic carbocycles. The van der Waals surface area contributed by atoms with Gasteiger partial charge >= 0.3 is 13.7 Å². The Labute approximate surface area is 377 Å². The fourth-order valence-corrected chi connectivity index (χ4v) is 13.6. The van der Waals surface area contributed by atoms with Crippen molar-refractivity contribution in [3.63, 3.8) is 0 Å². The summed E-state index contributed by atoms with van der Waals surface area (Å²) in [7, 11) is 0. The van der Waals surface area contributed by atoms with E-state index in [1.165, 1.54) is 142 Å². The molecule has 13 rings (SSSR count). The predicted octanol–water partition coefficient (Wildman–Crippen LogP) is 13.0. The van der Waals surface area contributed by atoms with Crippen LogP contribution in [0.3, 0.4) is 0 Å². The van der Waals surface area contributed by atoms with Gasteiger partial charge in [0.25, 0.3) is 0 Å². The minimum atomic E-state index is -0.0235. The van der Waals surface area contributed by atoms with Gasteiger partial charge in [0.15, 0.2) is 0 Å². The number of benzene rings is 6. The van der Waals surface area contributed by atoms with Crippen LogP contribution in [0.25, 0.3) is 86.7 Å². The minimum Gasteiger partial charge on any atom is -0.375 e. The molecule has 310 valence electrons. The Morgan fingerprint density at radius 1 is 0.365 bits per heavy atom. The number of hydrogen-bond acceptors (Lipinski definition) is 1. The van der Waals surface area contributed by atoms with Crippen molar-refractivity contribution in [1.82, 2.24) is 8.96 Å². The number of thiophene rings is 1. The lowest BCUT2D eigenvalue weighted by molar-refractivity contribution is 0.590. The first-order valence-electron chi connectivity index (χ1n) is 23.3. The van der Waals surface area contributed by atoms with Crippen molar-refractivity contribution in [3.8, 4) is 43.1 Å². The number of aryl methyl sites for hydroxylation is 2. The maximum Gasteiger partial charge on any atom is 0.329 e. The van der Waals surface area contributed by atoms with Crippen LogP contribution in [0.2, 0.25) is 0 Å². The first kappa shape index (κ1) is 38.2. The molecule has 0 N–H and O–H groups in total. The molecule has 0 bridgehead atoms. The molecule has 9 aromatic rings. The summed E-state index contributed by atoms with van der Waals surface area (Å²) >= 11 is 2.10. The van der Waals surface area contributed by atoms with Crippen LogP contribution >= 0.6 is 11.3 Å². The third-order valence-corrected chi connectivity index (χ3v) is 16.9. The van der Waals surface area contributed by atoms with E-state index in [0.29, 0.717) is 0 Å². The van der Waals surface area contributed by atoms with Crippen LogP contribution in [0.5, 0.6) is 0 Å². The maximum absolute atomic E-state index is 2.83. The van der Waals surface area contributed by atoms with Gasteiger partial charge < -0.3 is 8.96 Å². The molecule has 5 heteroatoms. The van der Waals surface area contributed by atoms with Gasteiger partial charge in [-0.2, -0.15) is 0 Å². The predicted molar refractivity (Wildman–Crippen MR) is 277 cm³/mol. The fraction of sp³-hybridized carbons (Fsp3) is 0.310. The molecule has 0 radical (unpaired) electrons. The van der Waals surface area contributed by atoms with E-state index in [0.717, 1.165) is 0 Å². The van der Waals surface area contributed by atoms with Crippen molar-refractivity contribution >= 4 is 90.5 Å². The molecular weight excluding hydrogens is 778 g/mol. The zero-order chi connectivity index (χ0) is 43.9. The van der Waals surface area contributed by atoms with Gasteiger partial charge in [-0.25, -0.2) is 0 Å². The average Bonchev–Trinajstić information content (AvgIpc) is 3.87. The largest absolute Gasteiger partial charge is 0.375 e. The van der Waals surface area contributed by atoms with E-state index in [9.17, 15) is 0 Å². The molecule has 63 heavy (non-hydrogen) atoms. The SMILES string of the molecule is Cc1ccc2c(c1)B1c3c(sc4c3B3c5cc(C)ccc5-c5cc(C(C)(C)C)cc6c7cc(C(C)(C)C)cc-4c7n3c56)-c3cc(C(C)(C)C)cc4c5cc(C(C)(C)C)cc-2c5n1c34. The summed E-state index contributed by atoms with van der Waals surface area (Å²) in [6.45, 7) is 33.3. The van der Waals surface area contributed by atoms with E-state index in [1.54, 1.807) is 0 Å². The van der Waals surface area contributed by atoms with Gasteiger partial charge in [-0.05, 0) is 139 Å². The lowest BCUT2D eigenvalue weighted by Gasteiger charge is -2.36. The molecular formula is C58H56B2N2S. The zero-order valence-electron chi connectivity index (χ0n) is 39.5. The minimum absolute atomic E-state index is 0.00626. The summed E-state index contributed by atoms with van der Waals surface area (Å²) in [4.78, 5) is 2.92. The molecule has 0 saturated heterocycles. The summed E-state index contributed by atoms with van der Waals surface area (Å²) < 4.78 is 5.66. The number of nitrogens with zero attached hydrogens (tertiary/aromatic N) is 2. The van der Waals surface area contributed by atoms with E-state index in [4.69, 9.17) is 0 Å². The first-order valence-corrected chi connectivity index (χ1v) is 24.1. The summed E-state index contributed by atoms with van der Waals surface area (Å²) in [5.41, 5.74) is 28.1. The highest BCUT2D eigenvalue weighted by Crippen LogP contribution is 2.53. The third-order valence-electron chi connectivity index (χ3n) is 15.6. The molecule has 0 amide bonds. The highest BCUT2D eigenvalue weighted by atomic mass is 32.1. The standard InChI is InChI=1S/C58H56B2N2S/c1-29-15-17-35-37-21-31(55(3,4)5)23-39-41-25-33(57(9,10)11)27-43-51(41)61(49(37)39)59(45(35)19-29)47-48-54(63-53(43)47)44-28-34(58(12,13)14)26-42-40-24-32(56(6,7)8)22-38-36-18-16-30(2)20-46(36)60(48)62(50(38)40)52(42)44/h15-28H,1-14H3. The molecule has 0 spiro atoms. The molecule has 7 heterocycles. The van der Waals surface area contributed by atoms with Crippen LogP contribution in [0, 0.1) is 13.8 Å². The third kappa shape index (κ3) is 4.77. The lowest BCUT2D eigenvalue weighted by Crippen LogP contribution is -2.64. The molecule has 3 aromatic heterocycles. The van der Waals surface area contributed by atoms with Gasteiger partial charge in [-0.3, -0.25) is 0 Å². The summed E-state index contributed by atoms with van der Waals surface area (Å²) in [6.07, 6.45) is 0. The first-order chi connectivity index (χ1) is 29.6. The molecule has 4 aliphatic heterocycles. The zero-order valence-corrected chi connectivity index (χ0v) is 40.4. The Kier molecular flexibility index (Phi) is 6.99. The van der Waals surface area contributed by atoms with E-state index in [1.807, 2.05) is 0 Å². The van der Waals surface area contributed by atoms with Crippen molar-refractivity contribution in [2.75, 3.05) is 0 Å². The Morgan fingerprint density at radius 2 is 0.667 bits per heavy atom. The van der Waals surface area contributed by atoms with Crippen molar-refractivity contribution < 1.29 is 0 Å². The Hall–Kier alpha value is -5.25. The molecule has 0 aliphatic carbocycles. The second kappa shape index (κ2) is 11.5. The van der Waals surface area contributed by atoms with Gasteiger partial charge in [0.05, 0.1) is 0 Å². The van der Waals surface area contributed by atoms with Crippen LogP contribution in [0.1, 0.15) is 116 Å². The van der Waals surface area contributed by atoms with Crippen LogP contribution < -0.4 is 21.9 Å². The Balaban J connectivity index is 1.26. The van der Waals surface area contributed by atoms with Crippen LogP contribution in [0.15, 0.2) is 84.9 Å². The molecule has 4 aliphatic rings. The van der Waals surface area contributed by atoms with Gasteiger partial charge in [0, 0.05) is 75.6 Å². The second-order valence-corrected chi connectivity index (χ2v) is 25.0. The Bertz CT molecular complexity index is 3390. The number of fused-ring (bicyclic) bond motifs is 15. The van der Waals surface area contributed by atoms with Gasteiger partial charge in [-0.15, -0.1) is 11.3 Å². The van der Waals surface area contributed by atoms with Crippen LogP contribution in [0.4, 0.5) is 0 Å². The maximum atomic E-state index is 2.83. The molecule has 0 fully saturated rings. The highest BCUT2D eigenvalue weighted by molar-refractivity contribution is 7.25. The average molecular weight is 835 g/mol. The van der Waals surface area contributed by atoms with Gasteiger partial charge in [-0.1, -0.05) is 131 Å². The topological polar surface area (TPSA) is 9.86 Å². The quantitative estimate of drug-likeness (QED) is 0.135. The number of rotatable bonds is 0. The second-order valence-electron chi connectivity index (χ2n) is 24.0. The van der Waals surface area contributed by atoms with Crippen molar-refractivity contribution in [1.29, 1.82) is 0 Å². The van der Waals surface area contributed by atoms with Crippen molar-refractivity contribution in [3.05, 3.63) is 118 Å². The van der Waals surface area contributed by atoms with E-state index >= 15 is 0 Å². The van der Waals surface area contributed by atoms with Gasteiger partial charge in [0.1, 0.15) is 0 Å². The smallest absolute Gasteiger partial charge is 0.329 e. The highest BCUT2D eigenvalue weighted by Gasteiger charge is 2.50. The Morgan fingerprint density at radius 3 is 0.984 bits per heavy atom. The number of aromatic nitrogens is 2. The molecule has 0 saturated carbocycles. The summed E-state index contributed by atoms with van der Waals surface area (Å²) in [6, 6.07) is 35.2. The van der Waals surface area contributed by atoms with Crippen molar-refractivity contribution in [2.45, 2.75) is 119 Å². The fourth-order valence-electron chi connectivity index (χ4n) is 12.2. The number of hydrogen-bond donors (Lipinski definition) is 0. The van der Waals surface area contributed by atoms with Crippen LogP contribution in [-0.2, 0) is 21.7 Å². The molecule has 0 unspecified atom stereocenters. The van der Waals surface area contributed by atoms with Crippen LogP contribution in [-0.4, -0.2) is 22.7 Å². The van der Waals surface area contributed by atoms with E-state index < -0.39 is 0 Å².